The highest BCUT2D eigenvalue weighted by atomic mass is 35.5. The maximum Gasteiger partial charge on any atom is 0.238 e. The number of rotatable bonds is 6. The maximum absolute atomic E-state index is 12.3. The Hall–Kier alpha value is -1.53. The lowest BCUT2D eigenvalue weighted by Gasteiger charge is -2.34. The van der Waals surface area contributed by atoms with Crippen molar-refractivity contribution in [1.82, 2.24) is 9.80 Å². The second-order valence-corrected chi connectivity index (χ2v) is 7.77. The zero-order valence-corrected chi connectivity index (χ0v) is 16.5. The number of hydrogen-bond acceptors (Lipinski definition) is 4. The first-order valence-corrected chi connectivity index (χ1v) is 10.4. The van der Waals surface area contributed by atoms with Crippen molar-refractivity contribution < 1.29 is 4.79 Å². The summed E-state index contributed by atoms with van der Waals surface area (Å²) >= 11 is 7.61. The van der Waals surface area contributed by atoms with Crippen LogP contribution < -0.4 is 5.32 Å². The molecule has 0 radical (unpaired) electrons. The lowest BCUT2D eigenvalue weighted by Crippen LogP contribution is -2.48. The molecule has 1 saturated heterocycles. The lowest BCUT2D eigenvalue weighted by molar-refractivity contribution is -0.117. The highest BCUT2D eigenvalue weighted by molar-refractivity contribution is 7.98. The summed E-state index contributed by atoms with van der Waals surface area (Å²) in [6.07, 6.45) is 2.03. The summed E-state index contributed by atoms with van der Waals surface area (Å²) in [5.41, 5.74) is 2.14. The van der Waals surface area contributed by atoms with E-state index in [-0.39, 0.29) is 5.91 Å². The number of amides is 1. The van der Waals surface area contributed by atoms with E-state index in [4.69, 9.17) is 11.6 Å². The van der Waals surface area contributed by atoms with Crippen LogP contribution >= 0.6 is 23.4 Å². The number of benzene rings is 2. The monoisotopic (exact) mass is 389 g/mol. The Morgan fingerprint density at radius 3 is 2.46 bits per heavy atom. The quantitative estimate of drug-likeness (QED) is 0.762. The van der Waals surface area contributed by atoms with Crippen LogP contribution in [0.3, 0.4) is 0 Å². The van der Waals surface area contributed by atoms with Crippen LogP contribution in [0.25, 0.3) is 0 Å². The molecule has 1 heterocycles. The number of nitrogens with one attached hydrogen (secondary N) is 1. The summed E-state index contributed by atoms with van der Waals surface area (Å²) in [4.78, 5) is 18.1. The fourth-order valence-electron chi connectivity index (χ4n) is 3.06. The molecule has 1 fully saturated rings. The molecule has 2 aromatic rings. The number of nitrogens with zero attached hydrogens (tertiary/aromatic N) is 2. The Kier molecular flexibility index (Phi) is 6.97. The van der Waals surface area contributed by atoms with Gasteiger partial charge >= 0.3 is 0 Å². The lowest BCUT2D eigenvalue weighted by atomic mass is 10.2. The van der Waals surface area contributed by atoms with E-state index in [1.54, 1.807) is 11.8 Å². The van der Waals surface area contributed by atoms with Crippen LogP contribution in [0.4, 0.5) is 5.69 Å². The molecule has 1 N–H and O–H groups in total. The summed E-state index contributed by atoms with van der Waals surface area (Å²) in [6.45, 7) is 5.13. The van der Waals surface area contributed by atoms with Gasteiger partial charge in [-0.05, 0) is 42.2 Å². The second kappa shape index (κ2) is 9.42. The number of halogens is 1. The van der Waals surface area contributed by atoms with Gasteiger partial charge in [0.2, 0.25) is 5.91 Å². The molecular weight excluding hydrogens is 366 g/mol. The van der Waals surface area contributed by atoms with Crippen LogP contribution in [0.1, 0.15) is 5.56 Å². The van der Waals surface area contributed by atoms with Gasteiger partial charge in [-0.1, -0.05) is 29.8 Å². The molecule has 1 amide bonds. The number of carbonyl (C=O) groups is 1. The van der Waals surface area contributed by atoms with Crippen LogP contribution in [-0.4, -0.2) is 54.7 Å². The molecule has 0 bridgehead atoms. The fraction of sp³-hybridized carbons (Fsp3) is 0.350. The minimum atomic E-state index is 0.0504. The molecule has 0 atom stereocenters. The highest BCUT2D eigenvalue weighted by Gasteiger charge is 2.19. The average molecular weight is 390 g/mol. The summed E-state index contributed by atoms with van der Waals surface area (Å²) < 4.78 is 0. The minimum absolute atomic E-state index is 0.0504. The van der Waals surface area contributed by atoms with Crippen molar-refractivity contribution in [3.63, 3.8) is 0 Å². The zero-order valence-electron chi connectivity index (χ0n) is 15.0. The molecule has 0 saturated carbocycles. The smallest absolute Gasteiger partial charge is 0.238 e. The van der Waals surface area contributed by atoms with Gasteiger partial charge in [-0.2, -0.15) is 0 Å². The molecule has 138 valence electrons. The molecule has 6 heteroatoms. The first kappa shape index (κ1) is 19.2. The van der Waals surface area contributed by atoms with Crippen LogP contribution in [0.5, 0.6) is 0 Å². The van der Waals surface area contributed by atoms with Gasteiger partial charge in [-0.15, -0.1) is 11.8 Å². The van der Waals surface area contributed by atoms with E-state index >= 15 is 0 Å². The predicted molar refractivity (Wildman–Crippen MR) is 110 cm³/mol. The van der Waals surface area contributed by atoms with E-state index in [9.17, 15) is 4.79 Å². The standard InChI is InChI=1S/C20H24ClN3OS/c1-26-19-4-2-3-18(13-19)22-20(25)15-24-11-9-23(10-12-24)14-16-5-7-17(21)8-6-16/h2-8,13H,9-12,14-15H2,1H3,(H,22,25). The summed E-state index contributed by atoms with van der Waals surface area (Å²) in [5.74, 6) is 0.0504. The number of piperazine rings is 1. The molecule has 26 heavy (non-hydrogen) atoms. The van der Waals surface area contributed by atoms with Crippen molar-refractivity contribution >= 4 is 35.0 Å². The van der Waals surface area contributed by atoms with Crippen molar-refractivity contribution in [2.45, 2.75) is 11.4 Å². The molecule has 0 spiro atoms. The van der Waals surface area contributed by atoms with Crippen LogP contribution in [0.2, 0.25) is 5.02 Å². The van der Waals surface area contributed by atoms with Crippen molar-refractivity contribution in [3.05, 3.63) is 59.1 Å². The van der Waals surface area contributed by atoms with Crippen LogP contribution in [0.15, 0.2) is 53.4 Å². The van der Waals surface area contributed by atoms with Crippen LogP contribution in [0, 0.1) is 0 Å². The Morgan fingerprint density at radius 1 is 1.08 bits per heavy atom. The first-order valence-electron chi connectivity index (χ1n) is 8.75. The zero-order chi connectivity index (χ0) is 18.4. The summed E-state index contributed by atoms with van der Waals surface area (Å²) in [5, 5.41) is 3.77. The molecule has 1 aliphatic rings. The van der Waals surface area contributed by atoms with Gasteiger partial charge in [0.1, 0.15) is 0 Å². The van der Waals surface area contributed by atoms with Crippen LogP contribution in [-0.2, 0) is 11.3 Å². The summed E-state index contributed by atoms with van der Waals surface area (Å²) in [6, 6.07) is 16.0. The number of anilines is 1. The molecule has 0 aliphatic carbocycles. The number of carbonyl (C=O) groups excluding carboxylic acids is 1. The normalized spacial score (nSPS) is 15.8. The fourth-order valence-corrected chi connectivity index (χ4v) is 3.64. The average Bonchev–Trinajstić information content (AvgIpc) is 2.65. The third kappa shape index (κ3) is 5.74. The molecular formula is C20H24ClN3OS. The highest BCUT2D eigenvalue weighted by Crippen LogP contribution is 2.19. The van der Waals surface area contributed by atoms with E-state index in [1.165, 1.54) is 5.56 Å². The Bertz CT molecular complexity index is 730. The van der Waals surface area contributed by atoms with E-state index < -0.39 is 0 Å². The van der Waals surface area contributed by atoms with Gasteiger partial charge in [0.15, 0.2) is 0 Å². The molecule has 4 nitrogen and oxygen atoms in total. The Balaban J connectivity index is 1.43. The molecule has 0 unspecified atom stereocenters. The topological polar surface area (TPSA) is 35.6 Å². The van der Waals surface area contributed by atoms with Crippen molar-refractivity contribution in [1.29, 1.82) is 0 Å². The second-order valence-electron chi connectivity index (χ2n) is 6.46. The molecule has 3 rings (SSSR count). The first-order chi connectivity index (χ1) is 12.6. The predicted octanol–water partition coefficient (Wildman–Crippen LogP) is 3.82. The van der Waals surface area contributed by atoms with E-state index in [0.717, 1.165) is 48.3 Å². The SMILES string of the molecule is CSc1cccc(NC(=O)CN2CCN(Cc3ccc(Cl)cc3)CC2)c1. The summed E-state index contributed by atoms with van der Waals surface area (Å²) in [7, 11) is 0. The van der Waals surface area contributed by atoms with Gasteiger partial charge in [0, 0.05) is 48.3 Å². The van der Waals surface area contributed by atoms with Gasteiger partial charge in [-0.25, -0.2) is 0 Å². The Morgan fingerprint density at radius 2 is 1.77 bits per heavy atom. The maximum atomic E-state index is 12.3. The van der Waals surface area contributed by atoms with E-state index in [0.29, 0.717) is 6.54 Å². The number of hydrogen-bond donors (Lipinski definition) is 1. The van der Waals surface area contributed by atoms with Gasteiger partial charge < -0.3 is 5.32 Å². The van der Waals surface area contributed by atoms with Crippen molar-refractivity contribution in [2.75, 3.05) is 44.3 Å². The van der Waals surface area contributed by atoms with E-state index in [2.05, 4.69) is 27.2 Å². The van der Waals surface area contributed by atoms with Crippen molar-refractivity contribution in [3.8, 4) is 0 Å². The van der Waals surface area contributed by atoms with E-state index in [1.807, 2.05) is 42.7 Å². The molecule has 0 aromatic heterocycles. The Labute approximate surface area is 164 Å². The largest absolute Gasteiger partial charge is 0.325 e. The molecule has 2 aromatic carbocycles. The van der Waals surface area contributed by atoms with Gasteiger partial charge in [-0.3, -0.25) is 14.6 Å². The van der Waals surface area contributed by atoms with Gasteiger partial charge in [0.25, 0.3) is 0 Å². The van der Waals surface area contributed by atoms with Gasteiger partial charge in [0.05, 0.1) is 6.54 Å². The molecule has 1 aliphatic heterocycles. The number of thioether (sulfide) groups is 1. The van der Waals surface area contributed by atoms with Crippen molar-refractivity contribution in [2.24, 2.45) is 0 Å². The third-order valence-corrected chi connectivity index (χ3v) is 5.48. The third-order valence-electron chi connectivity index (χ3n) is 4.51. The minimum Gasteiger partial charge on any atom is -0.325 e.